The Hall–Kier alpha value is -3.68. The summed E-state index contributed by atoms with van der Waals surface area (Å²) >= 11 is 0. The SMILES string of the molecule is NC(=O)c1ccc(C(=O)Nc2cccc(OCCn3cccn3)c2)nc1. The Morgan fingerprint density at radius 2 is 2.08 bits per heavy atom. The summed E-state index contributed by atoms with van der Waals surface area (Å²) in [5.74, 6) is -0.355. The second-order valence-corrected chi connectivity index (χ2v) is 5.40. The van der Waals surface area contributed by atoms with Gasteiger partial charge in [-0.1, -0.05) is 6.07 Å². The van der Waals surface area contributed by atoms with Crippen LogP contribution in [0.4, 0.5) is 5.69 Å². The summed E-state index contributed by atoms with van der Waals surface area (Å²) < 4.78 is 7.44. The minimum atomic E-state index is -0.593. The molecule has 1 aromatic carbocycles. The molecular formula is C18H17N5O3. The summed E-state index contributed by atoms with van der Waals surface area (Å²) in [5.41, 5.74) is 6.15. The number of hydrogen-bond acceptors (Lipinski definition) is 5. The molecule has 8 nitrogen and oxygen atoms in total. The number of nitrogens with zero attached hydrogens (tertiary/aromatic N) is 3. The Balaban J connectivity index is 1.58. The van der Waals surface area contributed by atoms with Crippen molar-refractivity contribution in [1.29, 1.82) is 0 Å². The van der Waals surface area contributed by atoms with E-state index in [1.165, 1.54) is 18.3 Å². The molecule has 3 aromatic rings. The number of ether oxygens (including phenoxy) is 1. The number of hydrogen-bond donors (Lipinski definition) is 2. The highest BCUT2D eigenvalue weighted by molar-refractivity contribution is 6.03. The summed E-state index contributed by atoms with van der Waals surface area (Å²) in [5, 5.41) is 6.83. The lowest BCUT2D eigenvalue weighted by Crippen LogP contribution is -2.16. The van der Waals surface area contributed by atoms with Crippen molar-refractivity contribution < 1.29 is 14.3 Å². The fourth-order valence-electron chi connectivity index (χ4n) is 2.22. The predicted molar refractivity (Wildman–Crippen MR) is 94.9 cm³/mol. The number of benzene rings is 1. The lowest BCUT2D eigenvalue weighted by atomic mass is 10.2. The zero-order valence-corrected chi connectivity index (χ0v) is 13.8. The van der Waals surface area contributed by atoms with Crippen molar-refractivity contribution in [3.63, 3.8) is 0 Å². The van der Waals surface area contributed by atoms with E-state index in [1.807, 2.05) is 12.3 Å². The minimum absolute atomic E-state index is 0.181. The molecule has 3 N–H and O–H groups in total. The molecule has 0 aliphatic rings. The molecule has 2 amide bonds. The van der Waals surface area contributed by atoms with Crippen molar-refractivity contribution in [1.82, 2.24) is 14.8 Å². The standard InChI is InChI=1S/C18H17N5O3/c19-17(24)13-5-6-16(20-12-13)18(25)22-14-3-1-4-15(11-14)26-10-9-23-8-2-7-21-23/h1-8,11-12H,9-10H2,(H2,19,24)(H,22,25). The van der Waals surface area contributed by atoms with Crippen LogP contribution >= 0.6 is 0 Å². The molecule has 0 unspecified atom stereocenters. The van der Waals surface area contributed by atoms with Gasteiger partial charge in [0.1, 0.15) is 18.1 Å². The van der Waals surface area contributed by atoms with Crippen LogP contribution in [0.15, 0.2) is 61.1 Å². The fourth-order valence-corrected chi connectivity index (χ4v) is 2.22. The summed E-state index contributed by atoms with van der Waals surface area (Å²) in [6, 6.07) is 11.8. The second-order valence-electron chi connectivity index (χ2n) is 5.40. The molecule has 26 heavy (non-hydrogen) atoms. The fraction of sp³-hybridized carbons (Fsp3) is 0.111. The van der Waals surface area contributed by atoms with Gasteiger partial charge in [-0.15, -0.1) is 0 Å². The molecular weight excluding hydrogens is 334 g/mol. The largest absolute Gasteiger partial charge is 0.492 e. The number of primary amides is 1. The number of carbonyl (C=O) groups excluding carboxylic acids is 2. The molecule has 0 fully saturated rings. The zero-order valence-electron chi connectivity index (χ0n) is 13.8. The predicted octanol–water partition coefficient (Wildman–Crippen LogP) is 1.71. The van der Waals surface area contributed by atoms with Gasteiger partial charge in [-0.2, -0.15) is 5.10 Å². The van der Waals surface area contributed by atoms with Crippen molar-refractivity contribution in [3.05, 3.63) is 72.3 Å². The lowest BCUT2D eigenvalue weighted by Gasteiger charge is -2.09. The average molecular weight is 351 g/mol. The number of rotatable bonds is 7. The summed E-state index contributed by atoms with van der Waals surface area (Å²) in [7, 11) is 0. The van der Waals surface area contributed by atoms with Gasteiger partial charge in [-0.25, -0.2) is 0 Å². The molecule has 0 aliphatic carbocycles. The van der Waals surface area contributed by atoms with Crippen LogP contribution < -0.4 is 15.8 Å². The molecule has 2 aromatic heterocycles. The maximum Gasteiger partial charge on any atom is 0.274 e. The third-order valence-corrected chi connectivity index (χ3v) is 3.52. The van der Waals surface area contributed by atoms with E-state index in [0.717, 1.165) is 0 Å². The third kappa shape index (κ3) is 4.44. The first-order valence-corrected chi connectivity index (χ1v) is 7.89. The van der Waals surface area contributed by atoms with Gasteiger partial charge in [0.25, 0.3) is 5.91 Å². The van der Waals surface area contributed by atoms with E-state index in [9.17, 15) is 9.59 Å². The van der Waals surface area contributed by atoms with E-state index in [0.29, 0.717) is 24.6 Å². The van der Waals surface area contributed by atoms with Crippen molar-refractivity contribution in [3.8, 4) is 5.75 Å². The van der Waals surface area contributed by atoms with Crippen LogP contribution in [0.3, 0.4) is 0 Å². The molecule has 3 rings (SSSR count). The van der Waals surface area contributed by atoms with Crippen molar-refractivity contribution in [2.75, 3.05) is 11.9 Å². The van der Waals surface area contributed by atoms with Gasteiger partial charge in [0.05, 0.1) is 12.1 Å². The first-order valence-electron chi connectivity index (χ1n) is 7.89. The Kier molecular flexibility index (Phi) is 5.23. The molecule has 0 saturated heterocycles. The van der Waals surface area contributed by atoms with Crippen LogP contribution in [0.2, 0.25) is 0 Å². The van der Waals surface area contributed by atoms with E-state index in [4.69, 9.17) is 10.5 Å². The van der Waals surface area contributed by atoms with Gasteiger partial charge in [-0.3, -0.25) is 19.3 Å². The topological polar surface area (TPSA) is 112 Å². The van der Waals surface area contributed by atoms with Gasteiger partial charge in [0, 0.05) is 30.3 Å². The van der Waals surface area contributed by atoms with E-state index >= 15 is 0 Å². The highest BCUT2D eigenvalue weighted by Gasteiger charge is 2.09. The number of nitrogens with two attached hydrogens (primary N) is 1. The molecule has 0 aliphatic heterocycles. The Morgan fingerprint density at radius 3 is 2.77 bits per heavy atom. The maximum absolute atomic E-state index is 12.2. The van der Waals surface area contributed by atoms with Crippen LogP contribution in [0, 0.1) is 0 Å². The maximum atomic E-state index is 12.2. The molecule has 0 saturated carbocycles. The first-order chi connectivity index (χ1) is 12.6. The van der Waals surface area contributed by atoms with Crippen LogP contribution in [0.25, 0.3) is 0 Å². The zero-order chi connectivity index (χ0) is 18.4. The smallest absolute Gasteiger partial charge is 0.274 e. The molecule has 0 bridgehead atoms. The van der Waals surface area contributed by atoms with E-state index in [2.05, 4.69) is 15.4 Å². The molecule has 8 heteroatoms. The second kappa shape index (κ2) is 7.93. The highest BCUT2D eigenvalue weighted by Crippen LogP contribution is 2.18. The molecule has 0 atom stereocenters. The number of carbonyl (C=O) groups is 2. The van der Waals surface area contributed by atoms with Gasteiger partial charge in [-0.05, 0) is 30.3 Å². The minimum Gasteiger partial charge on any atom is -0.492 e. The Labute approximate surface area is 149 Å². The monoisotopic (exact) mass is 351 g/mol. The van der Waals surface area contributed by atoms with Gasteiger partial charge in [0.15, 0.2) is 0 Å². The van der Waals surface area contributed by atoms with Gasteiger partial charge in [0.2, 0.25) is 5.91 Å². The highest BCUT2D eigenvalue weighted by atomic mass is 16.5. The van der Waals surface area contributed by atoms with Crippen LogP contribution in [0.5, 0.6) is 5.75 Å². The summed E-state index contributed by atoms with van der Waals surface area (Å²) in [4.78, 5) is 27.2. The molecule has 2 heterocycles. The average Bonchev–Trinajstić information content (AvgIpc) is 3.15. The van der Waals surface area contributed by atoms with Crippen molar-refractivity contribution in [2.45, 2.75) is 6.54 Å². The first kappa shape index (κ1) is 17.2. The lowest BCUT2D eigenvalue weighted by molar-refractivity contribution is 0.0993. The van der Waals surface area contributed by atoms with E-state index < -0.39 is 11.8 Å². The van der Waals surface area contributed by atoms with Crippen LogP contribution in [-0.2, 0) is 6.54 Å². The summed E-state index contributed by atoms with van der Waals surface area (Å²) in [6.45, 7) is 1.08. The Morgan fingerprint density at radius 1 is 1.19 bits per heavy atom. The number of nitrogens with one attached hydrogen (secondary N) is 1. The van der Waals surface area contributed by atoms with Crippen molar-refractivity contribution >= 4 is 17.5 Å². The van der Waals surface area contributed by atoms with E-state index in [1.54, 1.807) is 35.1 Å². The number of aromatic nitrogens is 3. The molecule has 132 valence electrons. The molecule has 0 spiro atoms. The van der Waals surface area contributed by atoms with Crippen LogP contribution in [0.1, 0.15) is 20.8 Å². The van der Waals surface area contributed by atoms with Gasteiger partial charge >= 0.3 is 0 Å². The van der Waals surface area contributed by atoms with Crippen molar-refractivity contribution in [2.24, 2.45) is 5.73 Å². The third-order valence-electron chi connectivity index (χ3n) is 3.52. The van der Waals surface area contributed by atoms with Gasteiger partial charge < -0.3 is 15.8 Å². The van der Waals surface area contributed by atoms with Crippen LogP contribution in [-0.4, -0.2) is 33.2 Å². The Bertz CT molecular complexity index is 891. The number of anilines is 1. The quantitative estimate of drug-likeness (QED) is 0.673. The number of pyridine rings is 1. The summed E-state index contributed by atoms with van der Waals surface area (Å²) in [6.07, 6.45) is 4.84. The number of amides is 2. The normalized spacial score (nSPS) is 10.3. The van der Waals surface area contributed by atoms with E-state index in [-0.39, 0.29) is 11.3 Å². The molecule has 0 radical (unpaired) electrons.